The number of nitrogens with one attached hydrogen (secondary N) is 2. The molecule has 0 radical (unpaired) electrons. The van der Waals surface area contributed by atoms with Crippen molar-refractivity contribution < 1.29 is 13.8 Å². The Labute approximate surface area is 171 Å². The van der Waals surface area contributed by atoms with E-state index in [9.17, 15) is 4.79 Å². The lowest BCUT2D eigenvalue weighted by molar-refractivity contribution is -0.116. The van der Waals surface area contributed by atoms with Gasteiger partial charge in [-0.25, -0.2) is 4.98 Å². The maximum absolute atomic E-state index is 12.2. The highest BCUT2D eigenvalue weighted by molar-refractivity contribution is 5.95. The fraction of sp³-hybridized carbons (Fsp3) is 0.286. The quantitative estimate of drug-likeness (QED) is 0.476. The normalized spacial score (nSPS) is 13.5. The maximum Gasteiger partial charge on any atom is 0.227 e. The summed E-state index contributed by atoms with van der Waals surface area (Å²) in [6, 6.07) is 9.62. The smallest absolute Gasteiger partial charge is 0.227 e. The Morgan fingerprint density at radius 2 is 2.07 bits per heavy atom. The van der Waals surface area contributed by atoms with Crippen LogP contribution in [-0.4, -0.2) is 32.7 Å². The molecule has 1 saturated carbocycles. The molecule has 4 aromatic rings. The van der Waals surface area contributed by atoms with E-state index in [1.807, 2.05) is 24.3 Å². The number of aromatic nitrogens is 4. The Kier molecular flexibility index (Phi) is 4.62. The van der Waals surface area contributed by atoms with Gasteiger partial charge in [0.05, 0.1) is 0 Å². The molecule has 9 nitrogen and oxygen atoms in total. The third-order valence-electron chi connectivity index (χ3n) is 4.97. The lowest BCUT2D eigenvalue weighted by Crippen LogP contribution is -2.16. The number of nitrogens with zero attached hydrogens (tertiary/aromatic N) is 4. The summed E-state index contributed by atoms with van der Waals surface area (Å²) in [5.74, 6) is 3.37. The second-order valence-electron chi connectivity index (χ2n) is 7.35. The molecular weight excluding hydrogens is 384 g/mol. The summed E-state index contributed by atoms with van der Waals surface area (Å²) < 4.78 is 10.3. The van der Waals surface area contributed by atoms with Crippen LogP contribution in [0.4, 0.5) is 11.6 Å². The van der Waals surface area contributed by atoms with Gasteiger partial charge in [-0.2, -0.15) is 4.98 Å². The number of fused-ring (bicyclic) bond motifs is 1. The second-order valence-corrected chi connectivity index (χ2v) is 7.35. The average Bonchev–Trinajstić information content (AvgIpc) is 3.34. The third-order valence-corrected chi connectivity index (χ3v) is 4.97. The van der Waals surface area contributed by atoms with E-state index in [1.54, 1.807) is 19.2 Å². The van der Waals surface area contributed by atoms with Gasteiger partial charge in [0.15, 0.2) is 5.82 Å². The highest BCUT2D eigenvalue weighted by atomic mass is 16.5. The summed E-state index contributed by atoms with van der Waals surface area (Å²) in [5, 5.41) is 15.8. The molecule has 1 aromatic carbocycles. The third kappa shape index (κ3) is 3.86. The number of benzene rings is 1. The van der Waals surface area contributed by atoms with Crippen molar-refractivity contribution in [1.29, 1.82) is 0 Å². The Balaban J connectivity index is 1.24. The number of carbonyl (C=O) groups is 1. The SMILES string of the molecule is Cc1nc(-c2ccc3ccnc(NCCC(=O)Nc4cc(C5CC5)on4)c3c2)no1. The van der Waals surface area contributed by atoms with E-state index in [0.29, 0.717) is 35.8 Å². The van der Waals surface area contributed by atoms with Crippen molar-refractivity contribution >= 4 is 28.3 Å². The molecule has 1 fully saturated rings. The largest absolute Gasteiger partial charge is 0.369 e. The minimum Gasteiger partial charge on any atom is -0.369 e. The van der Waals surface area contributed by atoms with Crippen LogP contribution < -0.4 is 10.6 Å². The van der Waals surface area contributed by atoms with E-state index >= 15 is 0 Å². The Hall–Kier alpha value is -3.75. The van der Waals surface area contributed by atoms with Crippen molar-refractivity contribution in [2.75, 3.05) is 17.2 Å². The summed E-state index contributed by atoms with van der Waals surface area (Å²) in [6.07, 6.45) is 4.25. The number of hydrogen-bond acceptors (Lipinski definition) is 8. The molecule has 3 aromatic heterocycles. The predicted molar refractivity (Wildman–Crippen MR) is 110 cm³/mol. The van der Waals surface area contributed by atoms with Crippen LogP contribution >= 0.6 is 0 Å². The molecule has 0 unspecified atom stereocenters. The van der Waals surface area contributed by atoms with E-state index in [4.69, 9.17) is 9.05 Å². The maximum atomic E-state index is 12.2. The van der Waals surface area contributed by atoms with Crippen molar-refractivity contribution in [2.45, 2.75) is 32.1 Å². The van der Waals surface area contributed by atoms with Crippen LogP contribution in [-0.2, 0) is 4.79 Å². The minimum atomic E-state index is -0.138. The van der Waals surface area contributed by atoms with Gasteiger partial charge in [-0.3, -0.25) is 4.79 Å². The van der Waals surface area contributed by atoms with Crippen LogP contribution in [0.15, 0.2) is 45.6 Å². The molecule has 0 spiro atoms. The van der Waals surface area contributed by atoms with Crippen molar-refractivity contribution in [3.05, 3.63) is 48.2 Å². The Morgan fingerprint density at radius 3 is 2.87 bits per heavy atom. The zero-order valence-corrected chi connectivity index (χ0v) is 16.4. The highest BCUT2D eigenvalue weighted by Gasteiger charge is 2.28. The average molecular weight is 404 g/mol. The lowest BCUT2D eigenvalue weighted by Gasteiger charge is -2.09. The van der Waals surface area contributed by atoms with Crippen LogP contribution in [0.2, 0.25) is 0 Å². The predicted octanol–water partition coefficient (Wildman–Crippen LogP) is 3.90. The molecule has 3 heterocycles. The zero-order valence-electron chi connectivity index (χ0n) is 16.4. The first-order chi connectivity index (χ1) is 14.7. The first kappa shape index (κ1) is 18.3. The summed E-state index contributed by atoms with van der Waals surface area (Å²) in [5.41, 5.74) is 0.839. The number of carbonyl (C=O) groups excluding carboxylic acids is 1. The molecule has 0 bridgehead atoms. The first-order valence-electron chi connectivity index (χ1n) is 9.85. The molecule has 0 saturated heterocycles. The zero-order chi connectivity index (χ0) is 20.5. The van der Waals surface area contributed by atoms with Crippen molar-refractivity contribution in [3.8, 4) is 11.4 Å². The lowest BCUT2D eigenvalue weighted by atomic mass is 10.1. The number of pyridine rings is 1. The molecule has 1 amide bonds. The van der Waals surface area contributed by atoms with Crippen LogP contribution in [0.25, 0.3) is 22.2 Å². The Morgan fingerprint density at radius 1 is 1.17 bits per heavy atom. The monoisotopic (exact) mass is 404 g/mol. The number of amides is 1. The molecule has 5 rings (SSSR count). The summed E-state index contributed by atoms with van der Waals surface area (Å²) >= 11 is 0. The van der Waals surface area contributed by atoms with E-state index in [1.165, 1.54) is 0 Å². The molecule has 0 aliphatic heterocycles. The summed E-state index contributed by atoms with van der Waals surface area (Å²) in [6.45, 7) is 2.18. The number of anilines is 2. The van der Waals surface area contributed by atoms with Gasteiger partial charge in [-0.05, 0) is 30.4 Å². The van der Waals surface area contributed by atoms with Gasteiger partial charge in [-0.15, -0.1) is 0 Å². The summed E-state index contributed by atoms with van der Waals surface area (Å²) in [7, 11) is 0. The second kappa shape index (κ2) is 7.58. The van der Waals surface area contributed by atoms with Gasteiger partial charge in [0, 0.05) is 49.0 Å². The fourth-order valence-corrected chi connectivity index (χ4v) is 3.27. The van der Waals surface area contributed by atoms with Gasteiger partial charge in [0.1, 0.15) is 11.6 Å². The minimum absolute atomic E-state index is 0.138. The van der Waals surface area contributed by atoms with Gasteiger partial charge in [-0.1, -0.05) is 22.4 Å². The topological polar surface area (TPSA) is 119 Å². The van der Waals surface area contributed by atoms with Crippen molar-refractivity contribution in [2.24, 2.45) is 0 Å². The standard InChI is InChI=1S/C21H20N6O3/c1-12-24-20(27-29-12)15-5-2-13-6-8-22-21(16(13)10-15)23-9-7-19(28)25-18-11-17(30-26-18)14-3-4-14/h2,5-6,8,10-11,14H,3-4,7,9H2,1H3,(H,22,23)(H,25,26,28). The van der Waals surface area contributed by atoms with Crippen LogP contribution in [0.3, 0.4) is 0 Å². The summed E-state index contributed by atoms with van der Waals surface area (Å²) in [4.78, 5) is 20.9. The molecule has 1 aliphatic rings. The number of rotatable bonds is 7. The van der Waals surface area contributed by atoms with E-state index in [2.05, 4.69) is 30.9 Å². The first-order valence-corrected chi connectivity index (χ1v) is 9.85. The van der Waals surface area contributed by atoms with E-state index in [0.717, 1.165) is 34.9 Å². The van der Waals surface area contributed by atoms with Crippen LogP contribution in [0, 0.1) is 6.92 Å². The molecule has 30 heavy (non-hydrogen) atoms. The number of aryl methyl sites for hydroxylation is 1. The molecule has 152 valence electrons. The van der Waals surface area contributed by atoms with E-state index in [-0.39, 0.29) is 12.3 Å². The highest BCUT2D eigenvalue weighted by Crippen LogP contribution is 2.40. The van der Waals surface area contributed by atoms with Gasteiger partial charge in [0.2, 0.25) is 17.6 Å². The Bertz CT molecular complexity index is 1210. The number of hydrogen-bond donors (Lipinski definition) is 2. The molecule has 9 heteroatoms. The molecule has 0 atom stereocenters. The molecule has 1 aliphatic carbocycles. The van der Waals surface area contributed by atoms with Gasteiger partial charge >= 0.3 is 0 Å². The molecular formula is C21H20N6O3. The van der Waals surface area contributed by atoms with Crippen molar-refractivity contribution in [1.82, 2.24) is 20.3 Å². The van der Waals surface area contributed by atoms with Gasteiger partial charge < -0.3 is 19.7 Å². The van der Waals surface area contributed by atoms with Gasteiger partial charge in [0.25, 0.3) is 0 Å². The fourth-order valence-electron chi connectivity index (χ4n) is 3.27. The van der Waals surface area contributed by atoms with Crippen molar-refractivity contribution in [3.63, 3.8) is 0 Å². The molecule has 2 N–H and O–H groups in total. The van der Waals surface area contributed by atoms with Crippen LogP contribution in [0.1, 0.15) is 36.8 Å². The van der Waals surface area contributed by atoms with Crippen LogP contribution in [0.5, 0.6) is 0 Å². The van der Waals surface area contributed by atoms with E-state index < -0.39 is 0 Å².